The molecule has 0 N–H and O–H groups in total. The van der Waals surface area contributed by atoms with Crippen LogP contribution in [-0.4, -0.2) is 0 Å². The molecule has 1 aliphatic heterocycles. The third-order valence-electron chi connectivity index (χ3n) is 6.67. The third-order valence-corrected chi connectivity index (χ3v) is 11.1. The van der Waals surface area contributed by atoms with Gasteiger partial charge in [-0.3, -0.25) is 0 Å². The highest BCUT2D eigenvalue weighted by atomic mass is 31.1. The maximum atomic E-state index is 6.86. The van der Waals surface area contributed by atoms with Gasteiger partial charge in [0.2, 0.25) is 0 Å². The molecule has 0 saturated carbocycles. The smallest absolute Gasteiger partial charge is 0.143 e. The second kappa shape index (κ2) is 6.91. The Morgan fingerprint density at radius 2 is 0.967 bits per heavy atom. The Hall–Kier alpha value is -2.20. The highest BCUT2D eigenvalue weighted by Gasteiger charge is 2.37. The van der Waals surface area contributed by atoms with Crippen LogP contribution in [0.15, 0.2) is 59.6 Å². The van der Waals surface area contributed by atoms with Crippen LogP contribution in [0.3, 0.4) is 0 Å². The zero-order chi connectivity index (χ0) is 21.2. The van der Waals surface area contributed by atoms with Crippen molar-refractivity contribution in [3.05, 3.63) is 93.0 Å². The van der Waals surface area contributed by atoms with Crippen LogP contribution < -0.4 is 4.74 Å². The van der Waals surface area contributed by atoms with Gasteiger partial charge in [0.1, 0.15) is 11.5 Å². The minimum Gasteiger partial charge on any atom is -0.455 e. The molecule has 1 nitrogen and oxygen atoms in total. The molecule has 3 heterocycles. The molecule has 2 aromatic carbocycles. The van der Waals surface area contributed by atoms with Crippen LogP contribution in [0.1, 0.15) is 47.2 Å². The first-order valence-electron chi connectivity index (χ1n) is 10.5. The van der Waals surface area contributed by atoms with Gasteiger partial charge < -0.3 is 4.74 Å². The van der Waals surface area contributed by atoms with Crippen LogP contribution in [0.2, 0.25) is 0 Å². The van der Waals surface area contributed by atoms with Crippen LogP contribution in [0.25, 0.3) is 10.6 Å². The number of hydrogen-bond acceptors (Lipinski definition) is 1. The monoisotopic (exact) mass is 430 g/mol. The van der Waals surface area contributed by atoms with Crippen LogP contribution >= 0.6 is 15.1 Å². The second-order valence-electron chi connectivity index (χ2n) is 9.10. The molecule has 0 bridgehead atoms. The van der Waals surface area contributed by atoms with E-state index in [-0.39, 0.29) is 5.41 Å². The van der Waals surface area contributed by atoms with Gasteiger partial charge in [0.15, 0.2) is 0 Å². The molecule has 2 aromatic heterocycles. The molecule has 5 rings (SSSR count). The molecular formula is C27H28OP2. The Labute approximate surface area is 181 Å². The molecule has 0 atom stereocenters. The lowest BCUT2D eigenvalue weighted by molar-refractivity contribution is 0.423. The summed E-state index contributed by atoms with van der Waals surface area (Å²) >= 11 is 0. The van der Waals surface area contributed by atoms with Crippen LogP contribution in [0.4, 0.5) is 0 Å². The molecule has 0 amide bonds. The topological polar surface area (TPSA) is 9.23 Å². The van der Waals surface area contributed by atoms with Crippen molar-refractivity contribution in [2.75, 3.05) is 0 Å². The van der Waals surface area contributed by atoms with Crippen molar-refractivity contribution in [2.45, 2.75) is 47.0 Å². The molecule has 0 aliphatic carbocycles. The van der Waals surface area contributed by atoms with Crippen molar-refractivity contribution in [1.82, 2.24) is 0 Å². The predicted molar refractivity (Wildman–Crippen MR) is 132 cm³/mol. The summed E-state index contributed by atoms with van der Waals surface area (Å²) in [6.07, 6.45) is 0. The first-order chi connectivity index (χ1) is 14.3. The van der Waals surface area contributed by atoms with Gasteiger partial charge in [0.05, 0.1) is 0 Å². The molecule has 3 heteroatoms. The molecule has 0 radical (unpaired) electrons. The number of hydrogen-bond donors (Lipinski definition) is 0. The molecule has 4 aromatic rings. The van der Waals surface area contributed by atoms with Gasteiger partial charge in [-0.15, -0.1) is 0 Å². The summed E-state index contributed by atoms with van der Waals surface area (Å²) in [6.45, 7) is 13.5. The van der Waals surface area contributed by atoms with Gasteiger partial charge in [-0.05, 0) is 85.3 Å². The highest BCUT2D eigenvalue weighted by molar-refractivity contribution is 7.56. The van der Waals surface area contributed by atoms with Crippen molar-refractivity contribution >= 4 is 15.1 Å². The van der Waals surface area contributed by atoms with E-state index in [1.54, 1.807) is 0 Å². The summed E-state index contributed by atoms with van der Waals surface area (Å²) < 4.78 is 6.86. The number of para-hydroxylation sites is 2. The van der Waals surface area contributed by atoms with E-state index in [1.807, 2.05) is 0 Å². The Balaban J connectivity index is 1.74. The van der Waals surface area contributed by atoms with Crippen molar-refractivity contribution in [3.63, 3.8) is 0 Å². The maximum absolute atomic E-state index is 6.86. The van der Waals surface area contributed by atoms with E-state index in [4.69, 9.17) is 4.74 Å². The lowest BCUT2D eigenvalue weighted by Crippen LogP contribution is -2.24. The minimum absolute atomic E-state index is 0.0892. The van der Waals surface area contributed by atoms with Crippen molar-refractivity contribution in [2.24, 2.45) is 0 Å². The van der Waals surface area contributed by atoms with Gasteiger partial charge in [0, 0.05) is 27.2 Å². The largest absolute Gasteiger partial charge is 0.455 e. The quantitative estimate of drug-likeness (QED) is 0.308. The summed E-state index contributed by atoms with van der Waals surface area (Å²) in [5.41, 5.74) is 8.09. The lowest BCUT2D eigenvalue weighted by Gasteiger charge is -2.36. The van der Waals surface area contributed by atoms with E-state index in [1.165, 1.54) is 44.0 Å². The summed E-state index contributed by atoms with van der Waals surface area (Å²) in [7, 11) is -0.932. The summed E-state index contributed by atoms with van der Waals surface area (Å²) in [6, 6.07) is 13.5. The average Bonchev–Trinajstić information content (AvgIpc) is 3.22. The second-order valence-corrected chi connectivity index (χ2v) is 12.7. The Morgan fingerprint density at radius 1 is 0.600 bits per heavy atom. The van der Waals surface area contributed by atoms with E-state index in [0.717, 1.165) is 11.5 Å². The van der Waals surface area contributed by atoms with E-state index in [0.29, 0.717) is 0 Å². The molecule has 30 heavy (non-hydrogen) atoms. The van der Waals surface area contributed by atoms with Gasteiger partial charge >= 0.3 is 0 Å². The molecular weight excluding hydrogens is 402 g/mol. The Morgan fingerprint density at radius 3 is 1.33 bits per heavy atom. The van der Waals surface area contributed by atoms with Gasteiger partial charge in [0.25, 0.3) is 0 Å². The van der Waals surface area contributed by atoms with Crippen molar-refractivity contribution in [3.8, 4) is 22.1 Å². The zero-order valence-electron chi connectivity index (χ0n) is 18.6. The van der Waals surface area contributed by atoms with E-state index in [2.05, 4.69) is 101 Å². The van der Waals surface area contributed by atoms with Crippen LogP contribution in [0, 0.1) is 27.7 Å². The molecule has 0 spiro atoms. The predicted octanol–water partition coefficient (Wildman–Crippen LogP) is 9.30. The van der Waals surface area contributed by atoms with E-state index in [9.17, 15) is 0 Å². The number of fused-ring (bicyclic) bond motifs is 2. The standard InChI is InChI=1S/C27H28OP2/c1-17-13-29(14-18(17)2)23-11-7-9-21-25(23)28-26-22(27(21,5)6)10-8-12-24(26)30-15-19(3)20(4)16-30/h7-16H,1-6H3. The molecule has 152 valence electrons. The number of ether oxygens (including phenoxy) is 1. The summed E-state index contributed by atoms with van der Waals surface area (Å²) in [4.78, 5) is 0. The summed E-state index contributed by atoms with van der Waals surface area (Å²) in [5.74, 6) is 11.9. The Kier molecular flexibility index (Phi) is 4.55. The first kappa shape index (κ1) is 19.7. The lowest BCUT2D eigenvalue weighted by atomic mass is 9.76. The molecule has 0 unspecified atom stereocenters. The zero-order valence-corrected chi connectivity index (χ0v) is 20.4. The minimum atomic E-state index is -0.466. The third kappa shape index (κ3) is 2.91. The van der Waals surface area contributed by atoms with Gasteiger partial charge in [-0.1, -0.05) is 53.2 Å². The van der Waals surface area contributed by atoms with Gasteiger partial charge in [-0.2, -0.15) is 0 Å². The fourth-order valence-electron chi connectivity index (χ4n) is 4.50. The van der Waals surface area contributed by atoms with Crippen LogP contribution in [-0.2, 0) is 5.41 Å². The maximum Gasteiger partial charge on any atom is 0.143 e. The van der Waals surface area contributed by atoms with E-state index >= 15 is 0 Å². The Bertz CT molecular complexity index is 1150. The number of aryl methyl sites for hydroxylation is 4. The van der Waals surface area contributed by atoms with Crippen molar-refractivity contribution in [1.29, 1.82) is 0 Å². The number of benzene rings is 2. The summed E-state index contributed by atoms with van der Waals surface area (Å²) in [5, 5.41) is 2.68. The molecule has 0 fully saturated rings. The number of rotatable bonds is 2. The van der Waals surface area contributed by atoms with Crippen molar-refractivity contribution < 1.29 is 4.74 Å². The average molecular weight is 430 g/mol. The fourth-order valence-corrected chi connectivity index (χ4v) is 9.00. The van der Waals surface area contributed by atoms with Crippen LogP contribution in [0.5, 0.6) is 11.5 Å². The van der Waals surface area contributed by atoms with E-state index < -0.39 is 15.1 Å². The fraction of sp³-hybridized carbons (Fsp3) is 0.259. The molecule has 0 saturated heterocycles. The molecule has 1 aliphatic rings. The highest BCUT2D eigenvalue weighted by Crippen LogP contribution is 2.59. The normalized spacial score (nSPS) is 14.2. The van der Waals surface area contributed by atoms with Gasteiger partial charge in [-0.25, -0.2) is 0 Å². The first-order valence-corrected chi connectivity index (χ1v) is 13.5. The SMILES string of the molecule is Cc1cp(-c2cccc3c2Oc2c(-p4cc(C)c(C)c4)cccc2C3(C)C)cc1C.